The predicted octanol–water partition coefficient (Wildman–Crippen LogP) is 3.88. The summed E-state index contributed by atoms with van der Waals surface area (Å²) in [6, 6.07) is -0.209. The number of ether oxygens (including phenoxy) is 1. The molecule has 0 aliphatic carbocycles. The number of carbonyl (C=O) groups is 1. The highest BCUT2D eigenvalue weighted by atomic mass is 16.5. The van der Waals surface area contributed by atoms with Crippen molar-refractivity contribution in [1.82, 2.24) is 0 Å². The predicted molar refractivity (Wildman–Crippen MR) is 76.4 cm³/mol. The second-order valence-corrected chi connectivity index (χ2v) is 4.82. The summed E-state index contributed by atoms with van der Waals surface area (Å²) < 4.78 is 4.79. The van der Waals surface area contributed by atoms with Crippen molar-refractivity contribution in [3.63, 3.8) is 0 Å². The van der Waals surface area contributed by atoms with E-state index >= 15 is 0 Å². The number of azide groups is 1. The number of carbonyl (C=O) groups excluding carboxylic acids is 1. The summed E-state index contributed by atoms with van der Waals surface area (Å²) in [5.74, 6) is -0.420. The summed E-state index contributed by atoms with van der Waals surface area (Å²) in [6.45, 7) is 11.4. The summed E-state index contributed by atoms with van der Waals surface area (Å²) in [7, 11) is 1.37. The summed E-state index contributed by atoms with van der Waals surface area (Å²) >= 11 is 0. The van der Waals surface area contributed by atoms with Crippen molar-refractivity contribution >= 4 is 5.97 Å². The molecule has 0 fully saturated rings. The molecule has 0 amide bonds. The molecule has 0 heterocycles. The van der Waals surface area contributed by atoms with Crippen molar-refractivity contribution in [1.29, 1.82) is 0 Å². The van der Waals surface area contributed by atoms with E-state index in [0.717, 1.165) is 0 Å². The van der Waals surface area contributed by atoms with Gasteiger partial charge in [-0.05, 0) is 30.2 Å². The van der Waals surface area contributed by atoms with Gasteiger partial charge in [-0.2, -0.15) is 0 Å². The fraction of sp³-hybridized carbons (Fsp3) is 0.643. The van der Waals surface area contributed by atoms with Crippen LogP contribution in [-0.4, -0.2) is 19.1 Å². The Hall–Kier alpha value is -1.74. The van der Waals surface area contributed by atoms with Gasteiger partial charge in [0, 0.05) is 11.0 Å². The third kappa shape index (κ3) is 5.62. The topological polar surface area (TPSA) is 75.1 Å². The van der Waals surface area contributed by atoms with Crippen LogP contribution in [0.15, 0.2) is 30.4 Å². The van der Waals surface area contributed by atoms with Crippen LogP contribution in [0.5, 0.6) is 0 Å². The van der Waals surface area contributed by atoms with E-state index < -0.39 is 0 Å². The van der Waals surface area contributed by atoms with Gasteiger partial charge in [0.2, 0.25) is 0 Å². The molecule has 0 aromatic carbocycles. The number of nitrogens with zero attached hydrogens (tertiary/aromatic N) is 3. The number of rotatable bonds is 9. The fourth-order valence-electron chi connectivity index (χ4n) is 2.13. The summed E-state index contributed by atoms with van der Waals surface area (Å²) in [5.41, 5.74) is 8.64. The quantitative estimate of drug-likeness (QED) is 0.208. The Balaban J connectivity index is 5.01. The first-order valence-corrected chi connectivity index (χ1v) is 6.37. The van der Waals surface area contributed by atoms with Crippen molar-refractivity contribution < 1.29 is 9.53 Å². The Kier molecular flexibility index (Phi) is 8.38. The zero-order valence-electron chi connectivity index (χ0n) is 12.0. The molecular weight excluding hydrogens is 242 g/mol. The molecule has 0 aromatic rings. The van der Waals surface area contributed by atoms with E-state index in [1.165, 1.54) is 7.11 Å². The first-order chi connectivity index (χ1) is 9.01. The Morgan fingerprint density at radius 2 is 2.11 bits per heavy atom. The first kappa shape index (κ1) is 17.3. The molecule has 19 heavy (non-hydrogen) atoms. The number of methoxy groups -OCH3 is 1. The maximum Gasteiger partial charge on any atom is 0.308 e. The minimum atomic E-state index is -0.277. The lowest BCUT2D eigenvalue weighted by atomic mass is 9.83. The van der Waals surface area contributed by atoms with Gasteiger partial charge in [0.15, 0.2) is 0 Å². The van der Waals surface area contributed by atoms with E-state index in [-0.39, 0.29) is 29.8 Å². The Labute approximate surface area is 115 Å². The van der Waals surface area contributed by atoms with Gasteiger partial charge in [0.1, 0.15) is 0 Å². The van der Waals surface area contributed by atoms with Gasteiger partial charge in [-0.3, -0.25) is 4.79 Å². The van der Waals surface area contributed by atoms with Gasteiger partial charge in [-0.25, -0.2) is 0 Å². The van der Waals surface area contributed by atoms with Gasteiger partial charge >= 0.3 is 5.97 Å². The molecule has 0 aliphatic heterocycles. The highest BCUT2D eigenvalue weighted by Gasteiger charge is 2.27. The Morgan fingerprint density at radius 1 is 1.47 bits per heavy atom. The van der Waals surface area contributed by atoms with Gasteiger partial charge in [-0.1, -0.05) is 31.1 Å². The van der Waals surface area contributed by atoms with Crippen LogP contribution in [0.1, 0.15) is 26.7 Å². The molecule has 5 heteroatoms. The molecule has 0 radical (unpaired) electrons. The van der Waals surface area contributed by atoms with Crippen LogP contribution in [0.3, 0.4) is 0 Å². The summed E-state index contributed by atoms with van der Waals surface area (Å²) in [4.78, 5) is 14.6. The number of hydrogen-bond acceptors (Lipinski definition) is 3. The highest BCUT2D eigenvalue weighted by molar-refractivity contribution is 5.72. The van der Waals surface area contributed by atoms with E-state index in [1.807, 2.05) is 13.8 Å². The van der Waals surface area contributed by atoms with Crippen molar-refractivity contribution in [2.45, 2.75) is 32.7 Å². The lowest BCUT2D eigenvalue weighted by molar-refractivity contribution is -0.145. The van der Waals surface area contributed by atoms with Crippen molar-refractivity contribution in [2.24, 2.45) is 22.9 Å². The lowest BCUT2D eigenvalue weighted by Gasteiger charge is -2.26. The van der Waals surface area contributed by atoms with Crippen LogP contribution >= 0.6 is 0 Å². The molecule has 0 aromatic heterocycles. The maximum absolute atomic E-state index is 11.7. The van der Waals surface area contributed by atoms with Crippen molar-refractivity contribution in [3.05, 3.63) is 35.8 Å². The molecule has 0 bridgehead atoms. The average Bonchev–Trinajstić information content (AvgIpc) is 2.40. The molecule has 0 aliphatic rings. The minimum absolute atomic E-state index is 0.0556. The van der Waals surface area contributed by atoms with Crippen LogP contribution in [0.2, 0.25) is 0 Å². The fourth-order valence-corrected chi connectivity index (χ4v) is 2.13. The summed E-state index contributed by atoms with van der Waals surface area (Å²) in [6.07, 6.45) is 4.53. The SMILES string of the molecule is C=CCC(CC(C=C)C(N=[N+]=[N-])C(C)C)C(=O)OC. The largest absolute Gasteiger partial charge is 0.469 e. The number of esters is 1. The van der Waals surface area contributed by atoms with E-state index in [4.69, 9.17) is 10.3 Å². The smallest absolute Gasteiger partial charge is 0.308 e. The van der Waals surface area contributed by atoms with Crippen molar-refractivity contribution in [3.8, 4) is 0 Å². The van der Waals surface area contributed by atoms with E-state index in [9.17, 15) is 4.79 Å². The molecule has 0 rings (SSSR count). The third-order valence-electron chi connectivity index (χ3n) is 3.15. The molecule has 0 saturated heterocycles. The molecule has 3 atom stereocenters. The van der Waals surface area contributed by atoms with E-state index in [2.05, 4.69) is 23.2 Å². The monoisotopic (exact) mass is 265 g/mol. The van der Waals surface area contributed by atoms with E-state index in [0.29, 0.717) is 12.8 Å². The normalized spacial score (nSPS) is 14.9. The molecule has 3 unspecified atom stereocenters. The number of hydrogen-bond donors (Lipinski definition) is 0. The zero-order valence-corrected chi connectivity index (χ0v) is 12.0. The molecule has 0 saturated carbocycles. The second kappa shape index (κ2) is 9.22. The molecular formula is C14H23N3O2. The summed E-state index contributed by atoms with van der Waals surface area (Å²) in [5, 5.41) is 3.82. The standard InChI is InChI=1S/C14H23N3O2/c1-6-8-12(14(18)19-5)9-11(7-2)13(10(3)4)16-17-15/h6-7,10-13H,1-2,8-9H2,3-5H3. The zero-order chi connectivity index (χ0) is 14.8. The van der Waals surface area contributed by atoms with E-state index in [1.54, 1.807) is 12.2 Å². The first-order valence-electron chi connectivity index (χ1n) is 6.37. The molecule has 0 N–H and O–H groups in total. The third-order valence-corrected chi connectivity index (χ3v) is 3.15. The molecule has 5 nitrogen and oxygen atoms in total. The Morgan fingerprint density at radius 3 is 2.47 bits per heavy atom. The Bertz CT molecular complexity index is 360. The number of allylic oxidation sites excluding steroid dienone is 1. The second-order valence-electron chi connectivity index (χ2n) is 4.82. The van der Waals surface area contributed by atoms with Gasteiger partial charge in [0.25, 0.3) is 0 Å². The van der Waals surface area contributed by atoms with Crippen LogP contribution in [-0.2, 0) is 9.53 Å². The van der Waals surface area contributed by atoms with Crippen LogP contribution in [0, 0.1) is 17.8 Å². The van der Waals surface area contributed by atoms with Crippen LogP contribution in [0.4, 0.5) is 0 Å². The van der Waals surface area contributed by atoms with Crippen molar-refractivity contribution in [2.75, 3.05) is 7.11 Å². The highest BCUT2D eigenvalue weighted by Crippen LogP contribution is 2.27. The molecule has 0 spiro atoms. The van der Waals surface area contributed by atoms with Gasteiger partial charge < -0.3 is 4.74 Å². The molecule has 106 valence electrons. The van der Waals surface area contributed by atoms with Crippen LogP contribution < -0.4 is 0 Å². The van der Waals surface area contributed by atoms with Gasteiger partial charge in [0.05, 0.1) is 13.0 Å². The maximum atomic E-state index is 11.7. The lowest BCUT2D eigenvalue weighted by Crippen LogP contribution is -2.27. The average molecular weight is 265 g/mol. The van der Waals surface area contributed by atoms with Crippen LogP contribution in [0.25, 0.3) is 10.4 Å². The minimum Gasteiger partial charge on any atom is -0.469 e. The van der Waals surface area contributed by atoms with Gasteiger partial charge in [-0.15, -0.1) is 13.2 Å².